The van der Waals surface area contributed by atoms with Crippen molar-refractivity contribution in [3.63, 3.8) is 0 Å². The van der Waals surface area contributed by atoms with Crippen LogP contribution in [0.2, 0.25) is 0 Å². The lowest BCUT2D eigenvalue weighted by Crippen LogP contribution is -2.36. The first-order valence-electron chi connectivity index (χ1n) is 5.79. The summed E-state index contributed by atoms with van der Waals surface area (Å²) < 4.78 is 0. The van der Waals surface area contributed by atoms with E-state index in [1.807, 2.05) is 6.07 Å². The van der Waals surface area contributed by atoms with Crippen molar-refractivity contribution in [3.8, 4) is 6.07 Å². The minimum absolute atomic E-state index is 0.0763. The zero-order chi connectivity index (χ0) is 12.5. The summed E-state index contributed by atoms with van der Waals surface area (Å²) in [6.07, 6.45) is 2.09. The topological polar surface area (TPSA) is 40.9 Å². The largest absolute Gasteiger partial charge is 0.297 e. The Morgan fingerprint density at radius 3 is 3.00 bits per heavy atom. The Morgan fingerprint density at radius 2 is 2.29 bits per heavy atom. The molecule has 1 fully saturated rings. The highest BCUT2D eigenvalue weighted by atomic mass is 35.5. The summed E-state index contributed by atoms with van der Waals surface area (Å²) in [7, 11) is 0. The molecular weight excluding hydrogens is 234 g/mol. The van der Waals surface area contributed by atoms with Gasteiger partial charge in [-0.05, 0) is 36.5 Å². The molecule has 0 N–H and O–H groups in total. The number of nitriles is 1. The van der Waals surface area contributed by atoms with Gasteiger partial charge in [0.05, 0.1) is 11.6 Å². The van der Waals surface area contributed by atoms with E-state index in [0.29, 0.717) is 24.3 Å². The molecule has 2 nitrogen and oxygen atoms in total. The molecule has 1 aromatic carbocycles. The Kier molecular flexibility index (Phi) is 3.22. The number of carbonyl (C=O) groups excluding carboxylic acids is 1. The average molecular weight is 248 g/mol. The normalized spacial score (nSPS) is 28.8. The van der Waals surface area contributed by atoms with Crippen LogP contribution in [0.1, 0.15) is 37.3 Å². The summed E-state index contributed by atoms with van der Waals surface area (Å²) >= 11 is 6.52. The van der Waals surface area contributed by atoms with Gasteiger partial charge in [-0.25, -0.2) is 0 Å². The number of rotatable bonds is 1. The molecular formula is C14H14ClNO. The van der Waals surface area contributed by atoms with Crippen LogP contribution < -0.4 is 0 Å². The second-order valence-corrected chi connectivity index (χ2v) is 5.41. The van der Waals surface area contributed by atoms with Gasteiger partial charge in [0.1, 0.15) is 4.87 Å². The summed E-state index contributed by atoms with van der Waals surface area (Å²) in [6.45, 7) is 2.11. The fourth-order valence-corrected chi connectivity index (χ4v) is 2.86. The highest BCUT2D eigenvalue weighted by Gasteiger charge is 2.41. The summed E-state index contributed by atoms with van der Waals surface area (Å²) in [6, 6.07) is 9.15. The third kappa shape index (κ3) is 2.21. The Hall–Kier alpha value is -1.33. The lowest BCUT2D eigenvalue weighted by Gasteiger charge is -2.33. The van der Waals surface area contributed by atoms with Gasteiger partial charge in [0.15, 0.2) is 5.78 Å². The number of hydrogen-bond acceptors (Lipinski definition) is 2. The number of carbonyl (C=O) groups is 1. The van der Waals surface area contributed by atoms with Crippen molar-refractivity contribution in [3.05, 3.63) is 35.4 Å². The van der Waals surface area contributed by atoms with Gasteiger partial charge < -0.3 is 0 Å². The van der Waals surface area contributed by atoms with Gasteiger partial charge >= 0.3 is 0 Å². The maximum Gasteiger partial charge on any atom is 0.158 e. The third-order valence-electron chi connectivity index (χ3n) is 3.39. The molecule has 0 aliphatic heterocycles. The number of halogens is 1. The zero-order valence-electron chi connectivity index (χ0n) is 9.74. The second kappa shape index (κ2) is 4.50. The number of nitrogens with zero attached hydrogens (tertiary/aromatic N) is 1. The van der Waals surface area contributed by atoms with Crippen molar-refractivity contribution < 1.29 is 4.79 Å². The number of Topliss-reactive ketones (excluding diaryl/α,β-unsaturated/α-hetero) is 1. The SMILES string of the molecule is C[C@H]1CCC(=O)C(Cl)(c2cccc(C#N)c2)C1. The van der Waals surface area contributed by atoms with Gasteiger partial charge in [-0.3, -0.25) is 4.79 Å². The highest BCUT2D eigenvalue weighted by Crippen LogP contribution is 2.42. The molecule has 17 heavy (non-hydrogen) atoms. The molecule has 1 unspecified atom stereocenters. The molecule has 0 spiro atoms. The Labute approximate surface area is 106 Å². The van der Waals surface area contributed by atoms with E-state index >= 15 is 0 Å². The van der Waals surface area contributed by atoms with Crippen LogP contribution in [0.25, 0.3) is 0 Å². The molecule has 0 saturated heterocycles. The Bertz CT molecular complexity index is 491. The van der Waals surface area contributed by atoms with E-state index in [1.165, 1.54) is 0 Å². The van der Waals surface area contributed by atoms with Gasteiger partial charge in [0, 0.05) is 6.42 Å². The summed E-state index contributed by atoms with van der Waals surface area (Å²) in [5.41, 5.74) is 1.31. The quantitative estimate of drug-likeness (QED) is 0.714. The van der Waals surface area contributed by atoms with Crippen molar-refractivity contribution in [1.29, 1.82) is 5.26 Å². The lowest BCUT2D eigenvalue weighted by molar-refractivity contribution is -0.124. The van der Waals surface area contributed by atoms with E-state index in [0.717, 1.165) is 12.0 Å². The monoisotopic (exact) mass is 247 g/mol. The number of benzene rings is 1. The fraction of sp³-hybridized carbons (Fsp3) is 0.429. The first kappa shape index (κ1) is 12.1. The van der Waals surface area contributed by atoms with Crippen LogP contribution >= 0.6 is 11.6 Å². The molecule has 0 amide bonds. The van der Waals surface area contributed by atoms with E-state index in [9.17, 15) is 4.79 Å². The summed E-state index contributed by atoms with van der Waals surface area (Å²) in [4.78, 5) is 11.1. The first-order valence-corrected chi connectivity index (χ1v) is 6.17. The Balaban J connectivity index is 2.42. The smallest absolute Gasteiger partial charge is 0.158 e. The molecule has 1 aliphatic carbocycles. The van der Waals surface area contributed by atoms with E-state index in [2.05, 4.69) is 13.0 Å². The molecule has 88 valence electrons. The second-order valence-electron chi connectivity index (χ2n) is 4.76. The predicted octanol–water partition coefficient (Wildman–Crippen LogP) is 3.38. The van der Waals surface area contributed by atoms with Crippen molar-refractivity contribution in [2.75, 3.05) is 0 Å². The molecule has 2 rings (SSSR count). The molecule has 3 heteroatoms. The van der Waals surface area contributed by atoms with Crippen LogP contribution in [0, 0.1) is 17.2 Å². The molecule has 0 heterocycles. The van der Waals surface area contributed by atoms with Gasteiger partial charge in [-0.1, -0.05) is 19.1 Å². The summed E-state index contributed by atoms with van der Waals surface area (Å²) in [5.74, 6) is 0.517. The molecule has 1 saturated carbocycles. The van der Waals surface area contributed by atoms with Gasteiger partial charge in [0.2, 0.25) is 0 Å². The highest BCUT2D eigenvalue weighted by molar-refractivity contribution is 6.35. The van der Waals surface area contributed by atoms with Crippen LogP contribution in [0.3, 0.4) is 0 Å². The van der Waals surface area contributed by atoms with E-state index in [1.54, 1.807) is 18.2 Å². The minimum atomic E-state index is -0.926. The van der Waals surface area contributed by atoms with E-state index in [4.69, 9.17) is 16.9 Å². The average Bonchev–Trinajstić information content (AvgIpc) is 2.34. The maximum absolute atomic E-state index is 12.0. The van der Waals surface area contributed by atoms with Crippen molar-refractivity contribution in [1.82, 2.24) is 0 Å². The molecule has 0 aromatic heterocycles. The lowest BCUT2D eigenvalue weighted by atomic mass is 9.77. The molecule has 1 aromatic rings. The van der Waals surface area contributed by atoms with Gasteiger partial charge in [-0.2, -0.15) is 5.26 Å². The minimum Gasteiger partial charge on any atom is -0.297 e. The third-order valence-corrected chi connectivity index (χ3v) is 3.97. The maximum atomic E-state index is 12.0. The first-order chi connectivity index (χ1) is 8.06. The molecule has 0 bridgehead atoms. The number of ketones is 1. The zero-order valence-corrected chi connectivity index (χ0v) is 10.5. The van der Waals surface area contributed by atoms with Crippen LogP contribution in [-0.4, -0.2) is 5.78 Å². The van der Waals surface area contributed by atoms with Gasteiger partial charge in [0.25, 0.3) is 0 Å². The molecule has 2 atom stereocenters. The van der Waals surface area contributed by atoms with Crippen LogP contribution in [0.5, 0.6) is 0 Å². The summed E-state index contributed by atoms with van der Waals surface area (Å²) in [5, 5.41) is 8.88. The van der Waals surface area contributed by atoms with Crippen LogP contribution in [0.15, 0.2) is 24.3 Å². The van der Waals surface area contributed by atoms with Crippen molar-refractivity contribution in [2.45, 2.75) is 31.1 Å². The molecule has 1 aliphatic rings. The van der Waals surface area contributed by atoms with Crippen LogP contribution in [0.4, 0.5) is 0 Å². The predicted molar refractivity (Wildman–Crippen MR) is 66.7 cm³/mol. The standard InChI is InChI=1S/C14H14ClNO/c1-10-5-6-13(17)14(15,8-10)12-4-2-3-11(7-12)9-16/h2-4,7,10H,5-6,8H2,1H3/t10-,14?/m0/s1. The van der Waals surface area contributed by atoms with Gasteiger partial charge in [-0.15, -0.1) is 11.6 Å². The number of hydrogen-bond donors (Lipinski definition) is 0. The van der Waals surface area contributed by atoms with E-state index in [-0.39, 0.29) is 5.78 Å². The van der Waals surface area contributed by atoms with Crippen molar-refractivity contribution in [2.24, 2.45) is 5.92 Å². The number of alkyl halides is 1. The molecule has 0 radical (unpaired) electrons. The van der Waals surface area contributed by atoms with Crippen molar-refractivity contribution >= 4 is 17.4 Å². The van der Waals surface area contributed by atoms with E-state index < -0.39 is 4.87 Å². The van der Waals surface area contributed by atoms with Crippen LogP contribution in [-0.2, 0) is 9.67 Å². The Morgan fingerprint density at radius 1 is 1.53 bits per heavy atom. The fourth-order valence-electron chi connectivity index (χ4n) is 2.39.